The third-order valence-corrected chi connectivity index (χ3v) is 3.50. The zero-order valence-corrected chi connectivity index (χ0v) is 10.3. The fourth-order valence-electron chi connectivity index (χ4n) is 2.33. The Balaban J connectivity index is 2.15. The molecule has 0 amide bonds. The van der Waals surface area contributed by atoms with E-state index in [1.54, 1.807) is 0 Å². The van der Waals surface area contributed by atoms with Gasteiger partial charge in [0, 0.05) is 12.0 Å². The minimum absolute atomic E-state index is 0.0506. The van der Waals surface area contributed by atoms with Crippen molar-refractivity contribution in [1.82, 2.24) is 10.1 Å². The van der Waals surface area contributed by atoms with E-state index in [0.29, 0.717) is 17.7 Å². The maximum Gasteiger partial charge on any atom is 0.231 e. The average molecular weight is 223 g/mol. The Bertz CT molecular complexity index is 334. The molecule has 1 heterocycles. The normalized spacial score (nSPS) is 20.8. The quantitative estimate of drug-likeness (QED) is 0.851. The molecule has 2 unspecified atom stereocenters. The molecule has 0 saturated heterocycles. The van der Waals surface area contributed by atoms with Gasteiger partial charge in [0.25, 0.3) is 0 Å². The topological polar surface area (TPSA) is 64.9 Å². The third kappa shape index (κ3) is 2.12. The first-order chi connectivity index (χ1) is 7.59. The second-order valence-electron chi connectivity index (χ2n) is 5.25. The summed E-state index contributed by atoms with van der Waals surface area (Å²) in [4.78, 5) is 4.52. The summed E-state index contributed by atoms with van der Waals surface area (Å²) in [5.74, 6) is 2.72. The molecule has 16 heavy (non-hydrogen) atoms. The summed E-state index contributed by atoms with van der Waals surface area (Å²) >= 11 is 0. The van der Waals surface area contributed by atoms with Crippen LogP contribution in [0, 0.1) is 5.92 Å². The van der Waals surface area contributed by atoms with Gasteiger partial charge in [-0.15, -0.1) is 0 Å². The molecule has 4 nitrogen and oxygen atoms in total. The molecule has 0 aromatic carbocycles. The molecule has 1 aliphatic carbocycles. The van der Waals surface area contributed by atoms with Gasteiger partial charge in [0.2, 0.25) is 5.89 Å². The second kappa shape index (κ2) is 4.53. The molecule has 1 fully saturated rings. The van der Waals surface area contributed by atoms with Crippen molar-refractivity contribution in [1.29, 1.82) is 0 Å². The monoisotopic (exact) mass is 223 g/mol. The summed E-state index contributed by atoms with van der Waals surface area (Å²) in [6.07, 6.45) is 3.68. The lowest BCUT2D eigenvalue weighted by atomic mass is 9.85. The fraction of sp³-hybridized carbons (Fsp3) is 0.833. The van der Waals surface area contributed by atoms with E-state index in [4.69, 9.17) is 10.3 Å². The van der Waals surface area contributed by atoms with E-state index < -0.39 is 0 Å². The largest absolute Gasteiger partial charge is 0.339 e. The Morgan fingerprint density at radius 1 is 1.31 bits per heavy atom. The lowest BCUT2D eigenvalue weighted by Crippen LogP contribution is -2.28. The molecule has 1 aliphatic rings. The number of hydrogen-bond donors (Lipinski definition) is 1. The van der Waals surface area contributed by atoms with E-state index in [0.717, 1.165) is 5.82 Å². The number of nitrogens with zero attached hydrogens (tertiary/aromatic N) is 2. The summed E-state index contributed by atoms with van der Waals surface area (Å²) in [5, 5.41) is 4.08. The van der Waals surface area contributed by atoms with Crippen molar-refractivity contribution in [2.75, 3.05) is 0 Å². The van der Waals surface area contributed by atoms with Crippen LogP contribution in [-0.2, 0) is 0 Å². The summed E-state index contributed by atoms with van der Waals surface area (Å²) in [6.45, 7) is 6.28. The Hall–Kier alpha value is -0.900. The van der Waals surface area contributed by atoms with Crippen molar-refractivity contribution in [3.63, 3.8) is 0 Å². The van der Waals surface area contributed by atoms with E-state index in [-0.39, 0.29) is 12.0 Å². The lowest BCUT2D eigenvalue weighted by Gasteiger charge is -2.22. The predicted molar refractivity (Wildman–Crippen MR) is 62.1 cm³/mol. The van der Waals surface area contributed by atoms with Crippen LogP contribution in [-0.4, -0.2) is 16.2 Å². The second-order valence-corrected chi connectivity index (χ2v) is 5.25. The molecule has 0 radical (unpaired) electrons. The molecule has 4 heteroatoms. The highest BCUT2D eigenvalue weighted by Gasteiger charge is 2.29. The molecule has 1 aromatic rings. The van der Waals surface area contributed by atoms with Crippen LogP contribution in [0.25, 0.3) is 0 Å². The van der Waals surface area contributed by atoms with Crippen molar-refractivity contribution in [2.24, 2.45) is 11.7 Å². The van der Waals surface area contributed by atoms with Crippen LogP contribution in [0.4, 0.5) is 0 Å². The first-order valence-electron chi connectivity index (χ1n) is 6.18. The number of nitrogens with two attached hydrogens (primary N) is 1. The zero-order valence-electron chi connectivity index (χ0n) is 10.3. The van der Waals surface area contributed by atoms with Gasteiger partial charge in [-0.3, -0.25) is 0 Å². The van der Waals surface area contributed by atoms with Gasteiger partial charge < -0.3 is 10.3 Å². The van der Waals surface area contributed by atoms with Crippen LogP contribution in [0.1, 0.15) is 63.6 Å². The molecule has 1 aromatic heterocycles. The van der Waals surface area contributed by atoms with Crippen molar-refractivity contribution in [3.8, 4) is 0 Å². The molecule has 2 rings (SSSR count). The highest BCUT2D eigenvalue weighted by atomic mass is 16.5. The Kier molecular flexibility index (Phi) is 3.28. The van der Waals surface area contributed by atoms with E-state index >= 15 is 0 Å². The van der Waals surface area contributed by atoms with Gasteiger partial charge in [0.05, 0.1) is 5.92 Å². The van der Waals surface area contributed by atoms with E-state index in [9.17, 15) is 0 Å². The number of aromatic nitrogens is 2. The third-order valence-electron chi connectivity index (χ3n) is 3.50. The minimum Gasteiger partial charge on any atom is -0.339 e. The van der Waals surface area contributed by atoms with Gasteiger partial charge in [-0.1, -0.05) is 25.4 Å². The smallest absolute Gasteiger partial charge is 0.231 e. The van der Waals surface area contributed by atoms with Gasteiger partial charge >= 0.3 is 0 Å². The SMILES string of the molecule is CC(C)C(c1nc(C2CCC2)no1)C(C)N. The van der Waals surface area contributed by atoms with Gasteiger partial charge in [-0.2, -0.15) is 4.98 Å². The number of hydrogen-bond acceptors (Lipinski definition) is 4. The van der Waals surface area contributed by atoms with Gasteiger partial charge in [-0.25, -0.2) is 0 Å². The van der Waals surface area contributed by atoms with Crippen LogP contribution < -0.4 is 5.73 Å². The van der Waals surface area contributed by atoms with E-state index in [2.05, 4.69) is 24.0 Å². The van der Waals surface area contributed by atoms with E-state index in [1.807, 2.05) is 6.92 Å². The molecule has 90 valence electrons. The Morgan fingerprint density at radius 2 is 2.00 bits per heavy atom. The molecular weight excluding hydrogens is 202 g/mol. The van der Waals surface area contributed by atoms with Crippen molar-refractivity contribution in [3.05, 3.63) is 11.7 Å². The number of rotatable bonds is 4. The maximum absolute atomic E-state index is 5.97. The van der Waals surface area contributed by atoms with Gasteiger partial charge in [0.15, 0.2) is 5.82 Å². The summed E-state index contributed by atoms with van der Waals surface area (Å²) in [7, 11) is 0. The summed E-state index contributed by atoms with van der Waals surface area (Å²) in [5.41, 5.74) is 5.97. The molecule has 1 saturated carbocycles. The Morgan fingerprint density at radius 3 is 2.44 bits per heavy atom. The molecule has 2 N–H and O–H groups in total. The van der Waals surface area contributed by atoms with Crippen molar-refractivity contribution < 1.29 is 4.52 Å². The van der Waals surface area contributed by atoms with Gasteiger partial charge in [0.1, 0.15) is 0 Å². The summed E-state index contributed by atoms with van der Waals surface area (Å²) < 4.78 is 5.37. The maximum atomic E-state index is 5.97. The zero-order chi connectivity index (χ0) is 11.7. The lowest BCUT2D eigenvalue weighted by molar-refractivity contribution is 0.294. The first kappa shape index (κ1) is 11.6. The molecule has 2 atom stereocenters. The van der Waals surface area contributed by atoms with Crippen LogP contribution in [0.5, 0.6) is 0 Å². The van der Waals surface area contributed by atoms with Crippen molar-refractivity contribution in [2.45, 2.75) is 57.9 Å². The molecule has 0 bridgehead atoms. The molecular formula is C12H21N3O. The van der Waals surface area contributed by atoms with Crippen LogP contribution in [0.2, 0.25) is 0 Å². The summed E-state index contributed by atoms with van der Waals surface area (Å²) in [6, 6.07) is 0.0506. The standard InChI is InChI=1S/C12H21N3O/c1-7(2)10(8(3)13)12-14-11(15-16-12)9-5-4-6-9/h7-10H,4-6,13H2,1-3H3. The highest BCUT2D eigenvalue weighted by molar-refractivity contribution is 5.04. The van der Waals surface area contributed by atoms with Crippen molar-refractivity contribution >= 4 is 0 Å². The molecule has 0 aliphatic heterocycles. The van der Waals surface area contributed by atoms with Crippen LogP contribution in [0.3, 0.4) is 0 Å². The average Bonchev–Trinajstić information content (AvgIpc) is 2.48. The predicted octanol–water partition coefficient (Wildman–Crippen LogP) is 2.42. The van der Waals surface area contributed by atoms with E-state index in [1.165, 1.54) is 19.3 Å². The van der Waals surface area contributed by atoms with Gasteiger partial charge in [-0.05, 0) is 25.7 Å². The first-order valence-corrected chi connectivity index (χ1v) is 6.18. The minimum atomic E-state index is 0.0506. The van der Waals surface area contributed by atoms with Crippen LogP contribution >= 0.6 is 0 Å². The Labute approximate surface area is 96.6 Å². The highest BCUT2D eigenvalue weighted by Crippen LogP contribution is 2.35. The molecule has 0 spiro atoms. The van der Waals surface area contributed by atoms with Crippen LogP contribution in [0.15, 0.2) is 4.52 Å². The fourth-order valence-corrected chi connectivity index (χ4v) is 2.33.